The number of esters is 1. The van der Waals surface area contributed by atoms with Crippen molar-refractivity contribution in [1.82, 2.24) is 14.8 Å². The lowest BCUT2D eigenvalue weighted by Crippen LogP contribution is -2.38. The van der Waals surface area contributed by atoms with Gasteiger partial charge >= 0.3 is 12.0 Å². The minimum Gasteiger partial charge on any atom is -0.495 e. The van der Waals surface area contributed by atoms with Gasteiger partial charge in [-0.1, -0.05) is 18.2 Å². The number of imide groups is 1. The number of anilines is 1. The normalized spacial score (nSPS) is 14.0. The third kappa shape index (κ3) is 5.29. The van der Waals surface area contributed by atoms with E-state index in [4.69, 9.17) is 9.47 Å². The lowest BCUT2D eigenvalue weighted by molar-refractivity contribution is -0.127. The van der Waals surface area contributed by atoms with Crippen LogP contribution in [0.25, 0.3) is 11.8 Å². The first kappa shape index (κ1) is 26.2. The quantitative estimate of drug-likeness (QED) is 0.267. The fraction of sp³-hybridized carbons (Fsp3) is 0.214. The number of hydrogen-bond donors (Lipinski definition) is 2. The van der Waals surface area contributed by atoms with E-state index in [1.54, 1.807) is 55.5 Å². The van der Waals surface area contributed by atoms with E-state index >= 15 is 0 Å². The van der Waals surface area contributed by atoms with Gasteiger partial charge in [0.05, 0.1) is 25.0 Å². The van der Waals surface area contributed by atoms with Crippen LogP contribution in [0.15, 0.2) is 60.3 Å². The standard InChI is InChI=1S/C28H28N4O6/c1-5-38-27(35)19-9-8-10-21(14-19)32-17(2)13-20(18(32)3)15-23-26(34)31(28(36)30-23)16-25(33)29-22-11-6-7-12-24(22)37-4/h6-15H,5,16H2,1-4H3,(H,29,33)(H,30,36)/b23-15+. The van der Waals surface area contributed by atoms with Crippen molar-refractivity contribution < 1.29 is 28.7 Å². The number of amides is 4. The molecule has 10 nitrogen and oxygen atoms in total. The Morgan fingerprint density at radius 3 is 2.55 bits per heavy atom. The van der Waals surface area contributed by atoms with Crippen molar-refractivity contribution in [3.63, 3.8) is 0 Å². The average Bonchev–Trinajstić information content (AvgIpc) is 3.33. The van der Waals surface area contributed by atoms with Crippen molar-refractivity contribution in [3.8, 4) is 11.4 Å². The fourth-order valence-corrected chi connectivity index (χ4v) is 4.27. The maximum atomic E-state index is 13.0. The molecule has 1 saturated heterocycles. The second-order valence-electron chi connectivity index (χ2n) is 8.56. The molecule has 0 spiro atoms. The molecule has 4 amide bonds. The van der Waals surface area contributed by atoms with E-state index in [1.807, 2.05) is 30.5 Å². The van der Waals surface area contributed by atoms with E-state index in [2.05, 4.69) is 10.6 Å². The van der Waals surface area contributed by atoms with E-state index < -0.39 is 30.4 Å². The summed E-state index contributed by atoms with van der Waals surface area (Å²) in [6.45, 7) is 5.34. The monoisotopic (exact) mass is 516 g/mol. The smallest absolute Gasteiger partial charge is 0.338 e. The zero-order chi connectivity index (χ0) is 27.4. The summed E-state index contributed by atoms with van der Waals surface area (Å²) in [7, 11) is 1.48. The molecule has 0 atom stereocenters. The number of nitrogens with zero attached hydrogens (tertiary/aromatic N) is 2. The second kappa shape index (κ2) is 11.0. The summed E-state index contributed by atoms with van der Waals surface area (Å²) in [6, 6.07) is 15.1. The molecule has 4 rings (SSSR count). The van der Waals surface area contributed by atoms with Gasteiger partial charge in [-0.2, -0.15) is 0 Å². The van der Waals surface area contributed by atoms with Gasteiger partial charge in [-0.05, 0) is 68.8 Å². The van der Waals surface area contributed by atoms with Gasteiger partial charge in [0.15, 0.2) is 0 Å². The molecule has 1 aliphatic rings. The molecule has 1 aromatic heterocycles. The molecule has 0 saturated carbocycles. The summed E-state index contributed by atoms with van der Waals surface area (Å²) in [4.78, 5) is 51.1. The Labute approximate surface area is 219 Å². The SMILES string of the molecule is CCOC(=O)c1cccc(-n2c(C)cc(/C=C3/NC(=O)N(CC(=O)Nc4ccccc4OC)C3=O)c2C)c1. The number of hydrogen-bond acceptors (Lipinski definition) is 6. The summed E-state index contributed by atoms with van der Waals surface area (Å²) < 4.78 is 12.3. The highest BCUT2D eigenvalue weighted by atomic mass is 16.5. The first-order chi connectivity index (χ1) is 18.2. The van der Waals surface area contributed by atoms with Gasteiger partial charge in [-0.25, -0.2) is 14.5 Å². The number of para-hydroxylation sites is 2. The Bertz CT molecular complexity index is 1460. The number of aryl methyl sites for hydroxylation is 1. The number of rotatable bonds is 8. The molecule has 10 heteroatoms. The number of carbonyl (C=O) groups excluding carboxylic acids is 4. The molecule has 0 radical (unpaired) electrons. The molecule has 1 fully saturated rings. The highest BCUT2D eigenvalue weighted by molar-refractivity contribution is 6.16. The molecular formula is C28H28N4O6. The zero-order valence-electron chi connectivity index (χ0n) is 21.5. The lowest BCUT2D eigenvalue weighted by atomic mass is 10.2. The van der Waals surface area contributed by atoms with Crippen LogP contribution in [0, 0.1) is 13.8 Å². The van der Waals surface area contributed by atoms with Crippen LogP contribution >= 0.6 is 0 Å². The number of methoxy groups -OCH3 is 1. The van der Waals surface area contributed by atoms with Gasteiger partial charge in [0, 0.05) is 17.1 Å². The Kier molecular flexibility index (Phi) is 7.61. The first-order valence-corrected chi connectivity index (χ1v) is 12.0. The number of urea groups is 1. The van der Waals surface area contributed by atoms with Gasteiger partial charge in [-0.15, -0.1) is 0 Å². The zero-order valence-corrected chi connectivity index (χ0v) is 21.5. The number of ether oxygens (including phenoxy) is 2. The predicted octanol–water partition coefficient (Wildman–Crippen LogP) is 3.81. The van der Waals surface area contributed by atoms with E-state index in [0.717, 1.165) is 22.0 Å². The minimum absolute atomic E-state index is 0.0561. The summed E-state index contributed by atoms with van der Waals surface area (Å²) >= 11 is 0. The van der Waals surface area contributed by atoms with E-state index in [9.17, 15) is 19.2 Å². The summed E-state index contributed by atoms with van der Waals surface area (Å²) in [5.41, 5.74) is 4.03. The van der Waals surface area contributed by atoms with Crippen molar-refractivity contribution in [2.45, 2.75) is 20.8 Å². The fourth-order valence-electron chi connectivity index (χ4n) is 4.27. The van der Waals surface area contributed by atoms with E-state index in [0.29, 0.717) is 22.6 Å². The van der Waals surface area contributed by atoms with Crippen LogP contribution in [-0.4, -0.2) is 53.5 Å². The summed E-state index contributed by atoms with van der Waals surface area (Å²) in [5, 5.41) is 5.21. The molecule has 0 aliphatic carbocycles. The molecule has 38 heavy (non-hydrogen) atoms. The Balaban J connectivity index is 1.54. The number of benzene rings is 2. The third-order valence-electron chi connectivity index (χ3n) is 6.03. The van der Waals surface area contributed by atoms with Gasteiger partial charge in [0.2, 0.25) is 5.91 Å². The molecule has 1 aliphatic heterocycles. The number of nitrogens with one attached hydrogen (secondary N) is 2. The van der Waals surface area contributed by atoms with Crippen LogP contribution in [0.4, 0.5) is 10.5 Å². The topological polar surface area (TPSA) is 119 Å². The minimum atomic E-state index is -0.688. The molecule has 0 unspecified atom stereocenters. The van der Waals surface area contributed by atoms with Crippen LogP contribution < -0.4 is 15.4 Å². The molecular weight excluding hydrogens is 488 g/mol. The largest absolute Gasteiger partial charge is 0.495 e. The first-order valence-electron chi connectivity index (χ1n) is 12.0. The predicted molar refractivity (Wildman–Crippen MR) is 141 cm³/mol. The van der Waals surface area contributed by atoms with Crippen molar-refractivity contribution >= 4 is 35.6 Å². The van der Waals surface area contributed by atoms with Crippen LogP contribution in [0.5, 0.6) is 5.75 Å². The molecule has 2 heterocycles. The Morgan fingerprint density at radius 2 is 1.82 bits per heavy atom. The molecule has 2 N–H and O–H groups in total. The molecule has 0 bridgehead atoms. The van der Waals surface area contributed by atoms with Crippen molar-refractivity contribution in [3.05, 3.63) is 82.8 Å². The van der Waals surface area contributed by atoms with Gasteiger partial charge in [0.25, 0.3) is 5.91 Å². The van der Waals surface area contributed by atoms with Crippen LogP contribution in [-0.2, 0) is 14.3 Å². The number of aromatic nitrogens is 1. The van der Waals surface area contributed by atoms with Gasteiger partial charge < -0.3 is 24.7 Å². The maximum Gasteiger partial charge on any atom is 0.338 e. The van der Waals surface area contributed by atoms with Gasteiger partial charge in [0.1, 0.15) is 18.0 Å². The Morgan fingerprint density at radius 1 is 1.05 bits per heavy atom. The molecule has 2 aromatic carbocycles. The maximum absolute atomic E-state index is 13.0. The van der Waals surface area contributed by atoms with E-state index in [-0.39, 0.29) is 12.3 Å². The van der Waals surface area contributed by atoms with Crippen LogP contribution in [0.2, 0.25) is 0 Å². The highest BCUT2D eigenvalue weighted by Gasteiger charge is 2.35. The lowest BCUT2D eigenvalue weighted by Gasteiger charge is -2.13. The van der Waals surface area contributed by atoms with Crippen LogP contribution in [0.1, 0.15) is 34.2 Å². The van der Waals surface area contributed by atoms with Crippen LogP contribution in [0.3, 0.4) is 0 Å². The highest BCUT2D eigenvalue weighted by Crippen LogP contribution is 2.26. The summed E-state index contributed by atoms with van der Waals surface area (Å²) in [5.74, 6) is -1.10. The second-order valence-corrected chi connectivity index (χ2v) is 8.56. The van der Waals surface area contributed by atoms with Gasteiger partial charge in [-0.3, -0.25) is 9.59 Å². The van der Waals surface area contributed by atoms with E-state index in [1.165, 1.54) is 7.11 Å². The van der Waals surface area contributed by atoms with Crippen molar-refractivity contribution in [2.75, 3.05) is 25.6 Å². The third-order valence-corrected chi connectivity index (χ3v) is 6.03. The average molecular weight is 517 g/mol. The van der Waals surface area contributed by atoms with Crippen molar-refractivity contribution in [2.24, 2.45) is 0 Å². The molecule has 3 aromatic rings. The molecule has 196 valence electrons. The summed E-state index contributed by atoms with van der Waals surface area (Å²) in [6.07, 6.45) is 1.58. The van der Waals surface area contributed by atoms with Crippen molar-refractivity contribution in [1.29, 1.82) is 0 Å². The number of carbonyl (C=O) groups is 4. The Hall–Kier alpha value is -4.86.